The predicted molar refractivity (Wildman–Crippen MR) is 72.4 cm³/mol. The number of benzene rings is 1. The molecule has 0 aromatic heterocycles. The van der Waals surface area contributed by atoms with E-state index in [0.29, 0.717) is 12.5 Å². The number of hydrogen-bond acceptors (Lipinski definition) is 3. The van der Waals surface area contributed by atoms with Gasteiger partial charge in [0, 0.05) is 6.54 Å². The molecule has 92 valence electrons. The van der Waals surface area contributed by atoms with E-state index in [9.17, 15) is 0 Å². The maximum atomic E-state index is 5.50. The molecule has 0 atom stereocenters. The van der Waals surface area contributed by atoms with Gasteiger partial charge < -0.3 is 15.2 Å². The monoisotopic (exact) mass is 297 g/mol. The Hall–Kier alpha value is -1.00. The number of rotatable bonds is 3. The fourth-order valence-corrected chi connectivity index (χ4v) is 2.95. The van der Waals surface area contributed by atoms with Crippen molar-refractivity contribution in [3.8, 4) is 11.5 Å². The Kier molecular flexibility index (Phi) is 3.74. The molecule has 2 rings (SSSR count). The van der Waals surface area contributed by atoms with Gasteiger partial charge in [-0.05, 0) is 39.0 Å². The highest BCUT2D eigenvalue weighted by Gasteiger charge is 2.23. The van der Waals surface area contributed by atoms with Crippen LogP contribution < -0.4 is 15.2 Å². The van der Waals surface area contributed by atoms with E-state index < -0.39 is 0 Å². The molecule has 0 spiro atoms. The van der Waals surface area contributed by atoms with Crippen molar-refractivity contribution in [2.24, 2.45) is 5.73 Å². The fraction of sp³-hybridized carbons (Fsp3) is 0.385. The lowest BCUT2D eigenvalue weighted by molar-refractivity contribution is 0.173. The lowest BCUT2D eigenvalue weighted by Gasteiger charge is -2.14. The van der Waals surface area contributed by atoms with Crippen LogP contribution in [-0.4, -0.2) is 13.3 Å². The summed E-state index contributed by atoms with van der Waals surface area (Å²) in [4.78, 5) is 0. The molecule has 3 nitrogen and oxygen atoms in total. The topological polar surface area (TPSA) is 44.5 Å². The minimum Gasteiger partial charge on any atom is -0.454 e. The van der Waals surface area contributed by atoms with Crippen LogP contribution in [0, 0.1) is 0 Å². The summed E-state index contributed by atoms with van der Waals surface area (Å²) in [6.45, 7) is 5.13. The third-order valence-corrected chi connectivity index (χ3v) is 3.47. The van der Waals surface area contributed by atoms with Gasteiger partial charge in [-0.2, -0.15) is 0 Å². The Labute approximate surface area is 110 Å². The van der Waals surface area contributed by atoms with Gasteiger partial charge in [0.05, 0.1) is 4.47 Å². The van der Waals surface area contributed by atoms with Crippen LogP contribution >= 0.6 is 15.9 Å². The normalized spacial score (nSPS) is 13.9. The summed E-state index contributed by atoms with van der Waals surface area (Å²) in [5, 5.41) is 0. The molecule has 2 N–H and O–H groups in total. The molecule has 0 fully saturated rings. The molecule has 0 amide bonds. The van der Waals surface area contributed by atoms with Crippen LogP contribution in [0.5, 0.6) is 11.5 Å². The van der Waals surface area contributed by atoms with Crippen LogP contribution in [0.2, 0.25) is 0 Å². The quantitative estimate of drug-likeness (QED) is 0.931. The van der Waals surface area contributed by atoms with Crippen molar-refractivity contribution in [1.82, 2.24) is 0 Å². The van der Waals surface area contributed by atoms with Crippen LogP contribution in [0.15, 0.2) is 16.6 Å². The van der Waals surface area contributed by atoms with Gasteiger partial charge in [0.1, 0.15) is 0 Å². The van der Waals surface area contributed by atoms with Crippen molar-refractivity contribution in [1.29, 1.82) is 0 Å². The maximum absolute atomic E-state index is 5.50. The summed E-state index contributed by atoms with van der Waals surface area (Å²) < 4.78 is 11.9. The Morgan fingerprint density at radius 3 is 2.88 bits per heavy atom. The lowest BCUT2D eigenvalue weighted by atomic mass is 9.96. The first-order chi connectivity index (χ1) is 8.15. The van der Waals surface area contributed by atoms with Crippen molar-refractivity contribution >= 4 is 22.0 Å². The molecule has 0 unspecified atom stereocenters. The van der Waals surface area contributed by atoms with Gasteiger partial charge in [-0.25, -0.2) is 0 Å². The Bertz CT molecular complexity index is 455. The smallest absolute Gasteiger partial charge is 0.231 e. The van der Waals surface area contributed by atoms with Gasteiger partial charge in [0.15, 0.2) is 11.5 Å². The van der Waals surface area contributed by atoms with E-state index in [1.807, 2.05) is 18.2 Å². The van der Waals surface area contributed by atoms with Crippen LogP contribution in [0.3, 0.4) is 0 Å². The number of fused-ring (bicyclic) bond motifs is 1. The first-order valence-electron chi connectivity index (χ1n) is 5.63. The highest BCUT2D eigenvalue weighted by molar-refractivity contribution is 9.10. The van der Waals surface area contributed by atoms with Crippen molar-refractivity contribution < 1.29 is 9.47 Å². The highest BCUT2D eigenvalue weighted by Crippen LogP contribution is 2.45. The number of nitrogens with two attached hydrogens (primary N) is 1. The molecular weight excluding hydrogens is 282 g/mol. The Balaban J connectivity index is 2.57. The third-order valence-electron chi connectivity index (χ3n) is 2.69. The molecule has 1 aliphatic rings. The van der Waals surface area contributed by atoms with Crippen LogP contribution in [0.1, 0.15) is 30.9 Å². The van der Waals surface area contributed by atoms with E-state index >= 15 is 0 Å². The summed E-state index contributed by atoms with van der Waals surface area (Å²) in [7, 11) is 0. The van der Waals surface area contributed by atoms with Crippen molar-refractivity contribution in [3.63, 3.8) is 0 Å². The Morgan fingerprint density at radius 1 is 1.47 bits per heavy atom. The van der Waals surface area contributed by atoms with Crippen LogP contribution in [0.25, 0.3) is 6.08 Å². The SMILES string of the molecule is CC(C)c1c(/C=C/CN)cc2c(c1Br)OCO2. The second kappa shape index (κ2) is 5.10. The zero-order chi connectivity index (χ0) is 12.4. The molecule has 1 aromatic rings. The average molecular weight is 298 g/mol. The molecule has 0 saturated carbocycles. The van der Waals surface area contributed by atoms with Gasteiger partial charge in [-0.15, -0.1) is 0 Å². The molecule has 0 saturated heterocycles. The largest absolute Gasteiger partial charge is 0.454 e. The molecule has 0 bridgehead atoms. The van der Waals surface area contributed by atoms with Crippen molar-refractivity contribution in [3.05, 3.63) is 27.7 Å². The summed E-state index contributed by atoms with van der Waals surface area (Å²) >= 11 is 3.61. The molecule has 1 aliphatic heterocycles. The minimum atomic E-state index is 0.287. The van der Waals surface area contributed by atoms with Crippen LogP contribution in [0.4, 0.5) is 0 Å². The summed E-state index contributed by atoms with van der Waals surface area (Å²) in [6.07, 6.45) is 3.97. The van der Waals surface area contributed by atoms with E-state index in [-0.39, 0.29) is 6.79 Å². The Morgan fingerprint density at radius 2 is 2.24 bits per heavy atom. The van der Waals surface area contributed by atoms with Gasteiger partial charge >= 0.3 is 0 Å². The number of hydrogen-bond donors (Lipinski definition) is 1. The lowest BCUT2D eigenvalue weighted by Crippen LogP contribution is -1.97. The van der Waals surface area contributed by atoms with E-state index in [4.69, 9.17) is 15.2 Å². The number of ether oxygens (including phenoxy) is 2. The van der Waals surface area contributed by atoms with E-state index in [1.54, 1.807) is 0 Å². The fourth-order valence-electron chi connectivity index (χ4n) is 1.95. The second-order valence-corrected chi connectivity index (χ2v) is 5.01. The standard InChI is InChI=1S/C13H16BrNO2/c1-8(2)11-9(4-3-5-15)6-10-13(12(11)14)17-7-16-10/h3-4,6,8H,5,7,15H2,1-2H3/b4-3+. The summed E-state index contributed by atoms with van der Waals surface area (Å²) in [6, 6.07) is 2.01. The van der Waals surface area contributed by atoms with Gasteiger partial charge in [-0.1, -0.05) is 26.0 Å². The predicted octanol–water partition coefficient (Wildman–Crippen LogP) is 3.27. The van der Waals surface area contributed by atoms with Gasteiger partial charge in [-0.3, -0.25) is 0 Å². The van der Waals surface area contributed by atoms with Crippen LogP contribution in [-0.2, 0) is 0 Å². The first-order valence-corrected chi connectivity index (χ1v) is 6.43. The zero-order valence-corrected chi connectivity index (χ0v) is 11.6. The molecule has 0 aliphatic carbocycles. The van der Waals surface area contributed by atoms with E-state index in [0.717, 1.165) is 21.5 Å². The number of halogens is 1. The van der Waals surface area contributed by atoms with E-state index in [1.165, 1.54) is 5.56 Å². The average Bonchev–Trinajstić information content (AvgIpc) is 2.74. The molecule has 1 aromatic carbocycles. The molecule has 0 radical (unpaired) electrons. The highest BCUT2D eigenvalue weighted by atomic mass is 79.9. The molecular formula is C13H16BrNO2. The minimum absolute atomic E-state index is 0.287. The molecule has 17 heavy (non-hydrogen) atoms. The molecule has 1 heterocycles. The van der Waals surface area contributed by atoms with E-state index in [2.05, 4.69) is 29.8 Å². The second-order valence-electron chi connectivity index (χ2n) is 4.22. The summed E-state index contributed by atoms with van der Waals surface area (Å²) in [5.74, 6) is 1.99. The third kappa shape index (κ3) is 2.33. The van der Waals surface area contributed by atoms with Gasteiger partial charge in [0.25, 0.3) is 0 Å². The van der Waals surface area contributed by atoms with Crippen molar-refractivity contribution in [2.75, 3.05) is 13.3 Å². The van der Waals surface area contributed by atoms with Gasteiger partial charge in [0.2, 0.25) is 6.79 Å². The van der Waals surface area contributed by atoms with Crippen molar-refractivity contribution in [2.45, 2.75) is 19.8 Å². The zero-order valence-electron chi connectivity index (χ0n) is 10.00. The first kappa shape index (κ1) is 12.5. The summed E-state index contributed by atoms with van der Waals surface area (Å²) in [5.41, 5.74) is 7.85. The maximum Gasteiger partial charge on any atom is 0.231 e. The molecule has 4 heteroatoms.